The summed E-state index contributed by atoms with van der Waals surface area (Å²) in [6, 6.07) is 15.1. The Morgan fingerprint density at radius 3 is 2.35 bits per heavy atom. The first-order chi connectivity index (χ1) is 14.9. The lowest BCUT2D eigenvalue weighted by Gasteiger charge is -2.14. The molecule has 1 N–H and O–H groups in total. The Kier molecular flexibility index (Phi) is 7.17. The molecular formula is C24H22Cl2N4O. The van der Waals surface area contributed by atoms with Gasteiger partial charge in [0.05, 0.1) is 16.4 Å². The molecule has 0 aliphatic rings. The van der Waals surface area contributed by atoms with Gasteiger partial charge < -0.3 is 5.32 Å². The van der Waals surface area contributed by atoms with Crippen LogP contribution in [0.25, 0.3) is 11.8 Å². The van der Waals surface area contributed by atoms with Crippen LogP contribution in [0.2, 0.25) is 10.2 Å². The maximum Gasteiger partial charge on any atom is 0.266 e. The standard InChI is InChI=1S/C24H22Cl2N4O/c1-4-16-9-8-10-17(5-2)22(16)28-24(31)18(14-27)13-19-15(3)29-30(23(19)26)21-12-7-6-11-20(21)25/h6-13H,4-5H2,1-3H3,(H,28,31). The highest BCUT2D eigenvalue weighted by Gasteiger charge is 2.19. The number of nitriles is 1. The minimum atomic E-state index is -0.487. The van der Waals surface area contributed by atoms with Crippen LogP contribution in [0.4, 0.5) is 5.69 Å². The van der Waals surface area contributed by atoms with Crippen molar-refractivity contribution in [2.75, 3.05) is 5.32 Å². The highest BCUT2D eigenvalue weighted by Crippen LogP contribution is 2.29. The zero-order valence-electron chi connectivity index (χ0n) is 17.5. The van der Waals surface area contributed by atoms with Gasteiger partial charge in [-0.3, -0.25) is 4.79 Å². The molecule has 0 spiro atoms. The fourth-order valence-corrected chi connectivity index (χ4v) is 3.87. The summed E-state index contributed by atoms with van der Waals surface area (Å²) in [6.45, 7) is 5.81. The molecular weight excluding hydrogens is 431 g/mol. The van der Waals surface area contributed by atoms with E-state index < -0.39 is 5.91 Å². The number of halogens is 2. The van der Waals surface area contributed by atoms with Gasteiger partial charge in [-0.1, -0.05) is 67.4 Å². The number of aryl methyl sites for hydroxylation is 3. The smallest absolute Gasteiger partial charge is 0.266 e. The Morgan fingerprint density at radius 2 is 1.77 bits per heavy atom. The van der Waals surface area contributed by atoms with Crippen LogP contribution < -0.4 is 5.32 Å². The van der Waals surface area contributed by atoms with Gasteiger partial charge in [-0.25, -0.2) is 4.68 Å². The van der Waals surface area contributed by atoms with E-state index >= 15 is 0 Å². The first-order valence-electron chi connectivity index (χ1n) is 9.95. The third-order valence-electron chi connectivity index (χ3n) is 5.02. The van der Waals surface area contributed by atoms with Gasteiger partial charge in [-0.15, -0.1) is 0 Å². The molecule has 0 aliphatic carbocycles. The largest absolute Gasteiger partial charge is 0.321 e. The van der Waals surface area contributed by atoms with Gasteiger partial charge in [-0.05, 0) is 49.1 Å². The molecule has 5 nitrogen and oxygen atoms in total. The van der Waals surface area contributed by atoms with Crippen molar-refractivity contribution in [3.8, 4) is 11.8 Å². The monoisotopic (exact) mass is 452 g/mol. The molecule has 0 fully saturated rings. The lowest BCUT2D eigenvalue weighted by Crippen LogP contribution is -2.16. The van der Waals surface area contributed by atoms with E-state index in [9.17, 15) is 10.1 Å². The summed E-state index contributed by atoms with van der Waals surface area (Å²) in [6.07, 6.45) is 3.00. The van der Waals surface area contributed by atoms with Crippen molar-refractivity contribution in [2.45, 2.75) is 33.6 Å². The third-order valence-corrected chi connectivity index (χ3v) is 5.70. The lowest BCUT2D eigenvalue weighted by molar-refractivity contribution is -0.112. The van der Waals surface area contributed by atoms with Crippen molar-refractivity contribution in [1.29, 1.82) is 5.26 Å². The molecule has 3 aromatic rings. The fourth-order valence-electron chi connectivity index (χ4n) is 3.34. The number of anilines is 1. The Labute approximate surface area is 191 Å². The topological polar surface area (TPSA) is 70.7 Å². The molecule has 31 heavy (non-hydrogen) atoms. The number of para-hydroxylation sites is 2. The first kappa shape index (κ1) is 22.6. The van der Waals surface area contributed by atoms with Gasteiger partial charge in [-0.2, -0.15) is 10.4 Å². The SMILES string of the molecule is CCc1cccc(CC)c1NC(=O)C(C#N)=Cc1c(C)nn(-c2ccccc2Cl)c1Cl. The molecule has 0 atom stereocenters. The molecule has 1 amide bonds. The van der Waals surface area contributed by atoms with E-state index in [1.165, 1.54) is 10.8 Å². The van der Waals surface area contributed by atoms with Crippen LogP contribution in [0, 0.1) is 18.3 Å². The fraction of sp³-hybridized carbons (Fsp3) is 0.208. The summed E-state index contributed by atoms with van der Waals surface area (Å²) in [7, 11) is 0. The summed E-state index contributed by atoms with van der Waals surface area (Å²) in [5.41, 5.74) is 4.42. The van der Waals surface area contributed by atoms with Crippen molar-refractivity contribution >= 4 is 40.9 Å². The number of nitrogens with zero attached hydrogens (tertiary/aromatic N) is 3. The second-order valence-electron chi connectivity index (χ2n) is 6.94. The van der Waals surface area contributed by atoms with E-state index in [1.54, 1.807) is 19.1 Å². The number of benzene rings is 2. The molecule has 1 aromatic heterocycles. The molecule has 0 saturated carbocycles. The molecule has 1 heterocycles. The normalized spacial score (nSPS) is 11.3. The Bertz CT molecular complexity index is 1180. The number of carbonyl (C=O) groups excluding carboxylic acids is 1. The van der Waals surface area contributed by atoms with E-state index in [2.05, 4.69) is 10.4 Å². The van der Waals surface area contributed by atoms with Crippen LogP contribution in [-0.4, -0.2) is 15.7 Å². The van der Waals surface area contributed by atoms with Crippen molar-refractivity contribution in [1.82, 2.24) is 9.78 Å². The second-order valence-corrected chi connectivity index (χ2v) is 7.70. The predicted molar refractivity (Wildman–Crippen MR) is 126 cm³/mol. The van der Waals surface area contributed by atoms with E-state index in [-0.39, 0.29) is 10.7 Å². The molecule has 3 rings (SSSR count). The van der Waals surface area contributed by atoms with E-state index in [0.717, 1.165) is 29.7 Å². The Hall–Kier alpha value is -3.07. The molecule has 0 aliphatic heterocycles. The van der Waals surface area contributed by atoms with Gasteiger partial charge in [0.25, 0.3) is 5.91 Å². The molecule has 0 saturated heterocycles. The quantitative estimate of drug-likeness (QED) is 0.359. The second kappa shape index (κ2) is 9.82. The molecule has 0 unspecified atom stereocenters. The van der Waals surface area contributed by atoms with Crippen LogP contribution >= 0.6 is 23.2 Å². The van der Waals surface area contributed by atoms with Gasteiger partial charge in [0.15, 0.2) is 0 Å². The van der Waals surface area contributed by atoms with Gasteiger partial charge in [0, 0.05) is 11.3 Å². The van der Waals surface area contributed by atoms with Gasteiger partial charge in [0.1, 0.15) is 16.8 Å². The third kappa shape index (κ3) is 4.66. The summed E-state index contributed by atoms with van der Waals surface area (Å²) >= 11 is 12.8. The van der Waals surface area contributed by atoms with Gasteiger partial charge >= 0.3 is 0 Å². The summed E-state index contributed by atoms with van der Waals surface area (Å²) in [5, 5.41) is 17.8. The molecule has 0 bridgehead atoms. The zero-order valence-corrected chi connectivity index (χ0v) is 19.1. The van der Waals surface area contributed by atoms with Crippen molar-refractivity contribution in [3.63, 3.8) is 0 Å². The Balaban J connectivity index is 1.99. The first-order valence-corrected chi connectivity index (χ1v) is 10.7. The van der Waals surface area contributed by atoms with E-state index in [1.807, 2.05) is 50.2 Å². The maximum atomic E-state index is 12.9. The summed E-state index contributed by atoms with van der Waals surface area (Å²) in [4.78, 5) is 12.9. The number of hydrogen-bond acceptors (Lipinski definition) is 3. The van der Waals surface area contributed by atoms with Crippen molar-refractivity contribution < 1.29 is 4.79 Å². The lowest BCUT2D eigenvalue weighted by atomic mass is 10.0. The number of aromatic nitrogens is 2. The number of carbonyl (C=O) groups is 1. The molecule has 7 heteroatoms. The highest BCUT2D eigenvalue weighted by atomic mass is 35.5. The van der Waals surface area contributed by atoms with Crippen LogP contribution in [0.15, 0.2) is 48.0 Å². The van der Waals surface area contributed by atoms with Crippen LogP contribution in [0.5, 0.6) is 0 Å². The number of amides is 1. The van der Waals surface area contributed by atoms with E-state index in [0.29, 0.717) is 22.0 Å². The zero-order chi connectivity index (χ0) is 22.5. The minimum Gasteiger partial charge on any atom is -0.321 e. The summed E-state index contributed by atoms with van der Waals surface area (Å²) in [5.74, 6) is -0.487. The summed E-state index contributed by atoms with van der Waals surface area (Å²) < 4.78 is 1.50. The maximum absolute atomic E-state index is 12.9. The Morgan fingerprint density at radius 1 is 1.13 bits per heavy atom. The van der Waals surface area contributed by atoms with Crippen molar-refractivity contribution in [2.24, 2.45) is 0 Å². The highest BCUT2D eigenvalue weighted by molar-refractivity contribution is 6.33. The molecule has 158 valence electrons. The van der Waals surface area contributed by atoms with Crippen LogP contribution in [-0.2, 0) is 17.6 Å². The average molecular weight is 453 g/mol. The number of hydrogen-bond donors (Lipinski definition) is 1. The molecule has 0 radical (unpaired) electrons. The average Bonchev–Trinajstić information content (AvgIpc) is 3.05. The predicted octanol–water partition coefficient (Wildman–Crippen LogP) is 6.16. The van der Waals surface area contributed by atoms with Crippen molar-refractivity contribution in [3.05, 3.63) is 80.6 Å². The number of rotatable bonds is 6. The minimum absolute atomic E-state index is 0.0586. The van der Waals surface area contributed by atoms with E-state index in [4.69, 9.17) is 23.2 Å². The van der Waals surface area contributed by atoms with Gasteiger partial charge in [0.2, 0.25) is 0 Å². The van der Waals surface area contributed by atoms with Crippen LogP contribution in [0.1, 0.15) is 36.2 Å². The molecule has 2 aromatic carbocycles. The number of nitrogens with one attached hydrogen (secondary N) is 1. The van der Waals surface area contributed by atoms with Crippen LogP contribution in [0.3, 0.4) is 0 Å².